The first-order valence-electron chi connectivity index (χ1n) is 6.68. The Balaban J connectivity index is 2.49. The third kappa shape index (κ3) is 4.14. The Hall–Kier alpha value is -0.860. The van der Waals surface area contributed by atoms with Crippen LogP contribution in [0.1, 0.15) is 52.4 Å². The van der Waals surface area contributed by atoms with Crippen molar-refractivity contribution in [2.75, 3.05) is 7.11 Å². The van der Waals surface area contributed by atoms with Crippen LogP contribution in [0.2, 0.25) is 0 Å². The van der Waals surface area contributed by atoms with Crippen molar-refractivity contribution in [2.45, 2.75) is 52.4 Å². The predicted molar refractivity (Wildman–Crippen MR) is 66.5 cm³/mol. The smallest absolute Gasteiger partial charge is 0.305 e. The van der Waals surface area contributed by atoms with E-state index in [-0.39, 0.29) is 24.1 Å². The Labute approximate surface area is 104 Å². The molecule has 0 aromatic carbocycles. The molecule has 0 saturated heterocycles. The van der Waals surface area contributed by atoms with Crippen LogP contribution in [0.3, 0.4) is 0 Å². The van der Waals surface area contributed by atoms with Gasteiger partial charge in [-0.15, -0.1) is 0 Å². The Morgan fingerprint density at radius 2 is 1.94 bits per heavy atom. The van der Waals surface area contributed by atoms with Gasteiger partial charge in [0.15, 0.2) is 0 Å². The first kappa shape index (κ1) is 14.2. The molecule has 0 heterocycles. The predicted octanol–water partition coefficient (Wildman–Crippen LogP) is 2.97. The van der Waals surface area contributed by atoms with Gasteiger partial charge in [0.2, 0.25) is 0 Å². The fourth-order valence-electron chi connectivity index (χ4n) is 2.84. The summed E-state index contributed by atoms with van der Waals surface area (Å²) in [5.74, 6) is 1.32. The lowest BCUT2D eigenvalue weighted by Crippen LogP contribution is -2.30. The molecule has 0 amide bonds. The second kappa shape index (κ2) is 6.77. The summed E-state index contributed by atoms with van der Waals surface area (Å²) in [6.45, 7) is 4.37. The molecule has 0 spiro atoms. The summed E-state index contributed by atoms with van der Waals surface area (Å²) >= 11 is 0. The summed E-state index contributed by atoms with van der Waals surface area (Å²) in [6, 6.07) is 0. The molecule has 1 rings (SSSR count). The number of hydrogen-bond donors (Lipinski definition) is 0. The fraction of sp³-hybridized carbons (Fsp3) is 0.857. The number of ether oxygens (including phenoxy) is 1. The minimum absolute atomic E-state index is 0.174. The van der Waals surface area contributed by atoms with Gasteiger partial charge in [0.25, 0.3) is 0 Å². The molecule has 0 radical (unpaired) electrons. The maximum absolute atomic E-state index is 12.1. The summed E-state index contributed by atoms with van der Waals surface area (Å²) < 4.78 is 4.57. The number of methoxy groups -OCH3 is 1. The van der Waals surface area contributed by atoms with E-state index in [0.29, 0.717) is 18.3 Å². The van der Waals surface area contributed by atoms with Crippen LogP contribution in [0.25, 0.3) is 0 Å². The van der Waals surface area contributed by atoms with E-state index in [9.17, 15) is 9.59 Å². The zero-order valence-corrected chi connectivity index (χ0v) is 11.2. The van der Waals surface area contributed by atoms with Crippen LogP contribution in [0, 0.1) is 17.8 Å². The number of carbonyl (C=O) groups is 2. The third-order valence-electron chi connectivity index (χ3n) is 4.00. The van der Waals surface area contributed by atoms with Crippen molar-refractivity contribution < 1.29 is 14.3 Å². The van der Waals surface area contributed by atoms with Gasteiger partial charge < -0.3 is 4.74 Å². The van der Waals surface area contributed by atoms with Gasteiger partial charge in [-0.3, -0.25) is 9.59 Å². The summed E-state index contributed by atoms with van der Waals surface area (Å²) in [5.41, 5.74) is 0. The van der Waals surface area contributed by atoms with Crippen molar-refractivity contribution in [3.63, 3.8) is 0 Å². The SMILES string of the molecule is CCC1CCC(C)CC1C(=O)CCC(=O)OC. The van der Waals surface area contributed by atoms with Crippen LogP contribution in [-0.2, 0) is 14.3 Å². The molecule has 3 unspecified atom stereocenters. The molecule has 0 N–H and O–H groups in total. The quantitative estimate of drug-likeness (QED) is 0.694. The van der Waals surface area contributed by atoms with Crippen LogP contribution >= 0.6 is 0 Å². The summed E-state index contributed by atoms with van der Waals surface area (Å²) in [4.78, 5) is 23.2. The van der Waals surface area contributed by atoms with E-state index < -0.39 is 0 Å². The topological polar surface area (TPSA) is 43.4 Å². The molecule has 0 aliphatic heterocycles. The maximum Gasteiger partial charge on any atom is 0.305 e. The van der Waals surface area contributed by atoms with Gasteiger partial charge in [-0.25, -0.2) is 0 Å². The van der Waals surface area contributed by atoms with E-state index >= 15 is 0 Å². The lowest BCUT2D eigenvalue weighted by molar-refractivity contribution is -0.142. The lowest BCUT2D eigenvalue weighted by Gasteiger charge is -2.33. The molecule has 3 atom stereocenters. The van der Waals surface area contributed by atoms with E-state index in [4.69, 9.17) is 0 Å². The Morgan fingerprint density at radius 1 is 1.24 bits per heavy atom. The number of Topliss-reactive ketones (excluding diaryl/α,β-unsaturated/α-hetero) is 1. The van der Waals surface area contributed by atoms with Crippen molar-refractivity contribution in [1.82, 2.24) is 0 Å². The van der Waals surface area contributed by atoms with Crippen molar-refractivity contribution in [2.24, 2.45) is 17.8 Å². The Morgan fingerprint density at radius 3 is 2.53 bits per heavy atom. The largest absolute Gasteiger partial charge is 0.469 e. The molecular formula is C14H24O3. The number of carbonyl (C=O) groups excluding carboxylic acids is 2. The highest BCUT2D eigenvalue weighted by molar-refractivity contribution is 5.85. The number of ketones is 1. The minimum atomic E-state index is -0.282. The molecule has 1 fully saturated rings. The van der Waals surface area contributed by atoms with Crippen LogP contribution in [0.15, 0.2) is 0 Å². The standard InChI is InChI=1S/C14H24O3/c1-4-11-6-5-10(2)9-12(11)13(15)7-8-14(16)17-3/h10-12H,4-9H2,1-3H3. The second-order valence-electron chi connectivity index (χ2n) is 5.24. The summed E-state index contributed by atoms with van der Waals surface area (Å²) in [5, 5.41) is 0. The van der Waals surface area contributed by atoms with Gasteiger partial charge in [0, 0.05) is 12.3 Å². The van der Waals surface area contributed by atoms with Crippen LogP contribution in [-0.4, -0.2) is 18.9 Å². The molecule has 1 aliphatic carbocycles. The van der Waals surface area contributed by atoms with E-state index in [2.05, 4.69) is 18.6 Å². The monoisotopic (exact) mass is 240 g/mol. The number of esters is 1. The minimum Gasteiger partial charge on any atom is -0.469 e. The van der Waals surface area contributed by atoms with Crippen LogP contribution in [0.5, 0.6) is 0 Å². The van der Waals surface area contributed by atoms with Gasteiger partial charge in [-0.05, 0) is 24.7 Å². The zero-order valence-electron chi connectivity index (χ0n) is 11.2. The molecule has 1 aliphatic rings. The Kier molecular flexibility index (Phi) is 5.66. The lowest BCUT2D eigenvalue weighted by atomic mass is 9.71. The average molecular weight is 240 g/mol. The number of hydrogen-bond acceptors (Lipinski definition) is 3. The average Bonchev–Trinajstić information content (AvgIpc) is 2.35. The first-order valence-corrected chi connectivity index (χ1v) is 6.68. The normalized spacial score (nSPS) is 28.8. The molecule has 0 aromatic rings. The number of rotatable bonds is 5. The van der Waals surface area contributed by atoms with Gasteiger partial charge in [0.05, 0.1) is 13.5 Å². The van der Waals surface area contributed by atoms with Crippen molar-refractivity contribution in [3.05, 3.63) is 0 Å². The summed E-state index contributed by atoms with van der Waals surface area (Å²) in [7, 11) is 1.37. The summed E-state index contributed by atoms with van der Waals surface area (Å²) in [6.07, 6.45) is 5.04. The molecule has 17 heavy (non-hydrogen) atoms. The molecule has 98 valence electrons. The Bertz CT molecular complexity index is 273. The van der Waals surface area contributed by atoms with E-state index in [1.165, 1.54) is 13.5 Å². The fourth-order valence-corrected chi connectivity index (χ4v) is 2.84. The molecular weight excluding hydrogens is 216 g/mol. The van der Waals surface area contributed by atoms with Gasteiger partial charge in [-0.1, -0.05) is 26.7 Å². The van der Waals surface area contributed by atoms with Gasteiger partial charge >= 0.3 is 5.97 Å². The van der Waals surface area contributed by atoms with E-state index in [1.807, 2.05) is 0 Å². The van der Waals surface area contributed by atoms with Crippen LogP contribution in [0.4, 0.5) is 0 Å². The van der Waals surface area contributed by atoms with E-state index in [1.54, 1.807) is 0 Å². The first-order chi connectivity index (χ1) is 8.08. The molecule has 3 nitrogen and oxygen atoms in total. The van der Waals surface area contributed by atoms with Crippen LogP contribution < -0.4 is 0 Å². The highest BCUT2D eigenvalue weighted by Crippen LogP contribution is 2.36. The molecule has 3 heteroatoms. The molecule has 0 aromatic heterocycles. The molecule has 0 bridgehead atoms. The van der Waals surface area contributed by atoms with Crippen molar-refractivity contribution >= 4 is 11.8 Å². The van der Waals surface area contributed by atoms with Crippen molar-refractivity contribution in [1.29, 1.82) is 0 Å². The maximum atomic E-state index is 12.1. The van der Waals surface area contributed by atoms with Gasteiger partial charge in [0.1, 0.15) is 5.78 Å². The highest BCUT2D eigenvalue weighted by Gasteiger charge is 2.32. The van der Waals surface area contributed by atoms with E-state index in [0.717, 1.165) is 19.3 Å². The second-order valence-corrected chi connectivity index (χ2v) is 5.24. The van der Waals surface area contributed by atoms with Crippen molar-refractivity contribution in [3.8, 4) is 0 Å². The van der Waals surface area contributed by atoms with Gasteiger partial charge in [-0.2, -0.15) is 0 Å². The third-order valence-corrected chi connectivity index (χ3v) is 4.00. The zero-order chi connectivity index (χ0) is 12.8. The highest BCUT2D eigenvalue weighted by atomic mass is 16.5. The molecule has 1 saturated carbocycles.